The zero-order valence-electron chi connectivity index (χ0n) is 8.90. The second-order valence-electron chi connectivity index (χ2n) is 3.90. The third kappa shape index (κ3) is 1.59. The molecule has 0 aliphatic heterocycles. The topological polar surface area (TPSA) is 12.9 Å². The highest BCUT2D eigenvalue weighted by Crippen LogP contribution is 2.15. The number of fused-ring (bicyclic) bond motifs is 2. The monoisotopic (exact) mass is 205 g/mol. The minimum atomic E-state index is 0.974. The van der Waals surface area contributed by atoms with E-state index in [1.54, 1.807) is 0 Å². The van der Waals surface area contributed by atoms with Gasteiger partial charge in [0.1, 0.15) is 0 Å². The Morgan fingerprint density at radius 2 is 1.69 bits per heavy atom. The molecule has 2 aromatic rings. The Hall–Kier alpha value is -2.07. The van der Waals surface area contributed by atoms with Crippen LogP contribution in [0.5, 0.6) is 0 Å². The van der Waals surface area contributed by atoms with Crippen molar-refractivity contribution < 1.29 is 0 Å². The van der Waals surface area contributed by atoms with Gasteiger partial charge < -0.3 is 0 Å². The number of aryl methyl sites for hydroxylation is 2. The molecule has 1 heteroatoms. The van der Waals surface area contributed by atoms with Gasteiger partial charge >= 0.3 is 0 Å². The molecule has 0 amide bonds. The minimum absolute atomic E-state index is 0.974. The van der Waals surface area contributed by atoms with Gasteiger partial charge in [0.15, 0.2) is 0 Å². The van der Waals surface area contributed by atoms with Crippen molar-refractivity contribution in [2.24, 2.45) is 0 Å². The van der Waals surface area contributed by atoms with Crippen molar-refractivity contribution in [3.05, 3.63) is 65.0 Å². The largest absolute Gasteiger partial charge is 0.260 e. The van der Waals surface area contributed by atoms with E-state index in [4.69, 9.17) is 0 Å². The SMILES string of the molecule is C1#Cc2cccnc2CCc2ccccc21. The van der Waals surface area contributed by atoms with E-state index < -0.39 is 0 Å². The number of rotatable bonds is 0. The lowest BCUT2D eigenvalue weighted by atomic mass is 9.98. The van der Waals surface area contributed by atoms with Crippen LogP contribution in [0.3, 0.4) is 0 Å². The van der Waals surface area contributed by atoms with Crippen LogP contribution in [0.15, 0.2) is 42.6 Å². The summed E-state index contributed by atoms with van der Waals surface area (Å²) in [6.45, 7) is 0. The maximum atomic E-state index is 4.39. The van der Waals surface area contributed by atoms with Crippen LogP contribution in [0.1, 0.15) is 22.4 Å². The first-order valence-electron chi connectivity index (χ1n) is 5.47. The summed E-state index contributed by atoms with van der Waals surface area (Å²) in [6, 6.07) is 12.3. The van der Waals surface area contributed by atoms with Gasteiger partial charge in [-0.25, -0.2) is 0 Å². The molecule has 0 N–H and O–H groups in total. The molecule has 0 bridgehead atoms. The van der Waals surface area contributed by atoms with E-state index in [0.29, 0.717) is 0 Å². The van der Waals surface area contributed by atoms with E-state index >= 15 is 0 Å². The van der Waals surface area contributed by atoms with Gasteiger partial charge in [-0.2, -0.15) is 0 Å². The van der Waals surface area contributed by atoms with Crippen molar-refractivity contribution in [1.82, 2.24) is 4.98 Å². The van der Waals surface area contributed by atoms with E-state index in [1.807, 2.05) is 24.4 Å². The molecule has 1 aromatic carbocycles. The Bertz CT molecular complexity index is 536. The molecule has 76 valence electrons. The van der Waals surface area contributed by atoms with Gasteiger partial charge in [0.2, 0.25) is 0 Å². The van der Waals surface area contributed by atoms with Crippen LogP contribution >= 0.6 is 0 Å². The summed E-state index contributed by atoms with van der Waals surface area (Å²) >= 11 is 0. The standard InChI is InChI=1S/C15H11N/c1-2-5-13-9-10-15-14(6-3-11-16-15)8-7-12(13)4-1/h1-6,11H,9-10H2. The fraction of sp³-hybridized carbons (Fsp3) is 0.133. The lowest BCUT2D eigenvalue weighted by Gasteiger charge is -2.08. The van der Waals surface area contributed by atoms with E-state index in [-0.39, 0.29) is 0 Å². The van der Waals surface area contributed by atoms with Crippen LogP contribution in [0.2, 0.25) is 0 Å². The molecule has 0 atom stereocenters. The fourth-order valence-electron chi connectivity index (χ4n) is 2.00. The first-order chi connectivity index (χ1) is 7.93. The minimum Gasteiger partial charge on any atom is -0.260 e. The van der Waals surface area contributed by atoms with E-state index in [2.05, 4.69) is 35.0 Å². The molecule has 0 fully saturated rings. The highest BCUT2D eigenvalue weighted by atomic mass is 14.7. The molecule has 3 rings (SSSR count). The van der Waals surface area contributed by atoms with Gasteiger partial charge in [0.25, 0.3) is 0 Å². The summed E-state index contributed by atoms with van der Waals surface area (Å²) in [5.74, 6) is 6.44. The lowest BCUT2D eigenvalue weighted by molar-refractivity contribution is 0.904. The van der Waals surface area contributed by atoms with Gasteiger partial charge in [-0.1, -0.05) is 30.0 Å². The molecule has 0 saturated heterocycles. The molecular formula is C15H11N. The second-order valence-corrected chi connectivity index (χ2v) is 3.90. The van der Waals surface area contributed by atoms with Gasteiger partial charge in [-0.05, 0) is 36.6 Å². The second kappa shape index (κ2) is 3.83. The Morgan fingerprint density at radius 1 is 0.875 bits per heavy atom. The normalized spacial score (nSPS) is 12.5. The van der Waals surface area contributed by atoms with Crippen LogP contribution in [-0.2, 0) is 12.8 Å². The Morgan fingerprint density at radius 3 is 2.69 bits per heavy atom. The van der Waals surface area contributed by atoms with Crippen LogP contribution in [0, 0.1) is 11.8 Å². The van der Waals surface area contributed by atoms with Crippen LogP contribution in [0.25, 0.3) is 0 Å². The van der Waals surface area contributed by atoms with E-state index in [1.165, 1.54) is 5.56 Å². The third-order valence-corrected chi connectivity index (χ3v) is 2.87. The average Bonchev–Trinajstić information content (AvgIpc) is 2.32. The summed E-state index contributed by atoms with van der Waals surface area (Å²) < 4.78 is 0. The molecule has 0 unspecified atom stereocenters. The summed E-state index contributed by atoms with van der Waals surface area (Å²) in [4.78, 5) is 4.39. The zero-order chi connectivity index (χ0) is 10.8. The van der Waals surface area contributed by atoms with Gasteiger partial charge in [0.05, 0.1) is 5.69 Å². The van der Waals surface area contributed by atoms with Gasteiger partial charge in [-0.3, -0.25) is 4.98 Å². The van der Waals surface area contributed by atoms with E-state index in [0.717, 1.165) is 29.7 Å². The Balaban J connectivity index is 2.16. The molecular weight excluding hydrogens is 194 g/mol. The first-order valence-corrected chi connectivity index (χ1v) is 5.47. The average molecular weight is 205 g/mol. The molecule has 1 heterocycles. The predicted molar refractivity (Wildman–Crippen MR) is 64.1 cm³/mol. The lowest BCUT2D eigenvalue weighted by Crippen LogP contribution is -2.01. The van der Waals surface area contributed by atoms with Crippen LogP contribution in [0.4, 0.5) is 0 Å². The smallest absolute Gasteiger partial charge is 0.0563 e. The van der Waals surface area contributed by atoms with Crippen molar-refractivity contribution in [3.8, 4) is 11.8 Å². The number of hydrogen-bond acceptors (Lipinski definition) is 1. The van der Waals surface area contributed by atoms with Crippen LogP contribution in [-0.4, -0.2) is 4.98 Å². The number of nitrogens with zero attached hydrogens (tertiary/aromatic N) is 1. The van der Waals surface area contributed by atoms with Crippen molar-refractivity contribution in [3.63, 3.8) is 0 Å². The van der Waals surface area contributed by atoms with Crippen molar-refractivity contribution in [1.29, 1.82) is 0 Å². The Kier molecular flexibility index (Phi) is 2.19. The molecule has 1 aliphatic carbocycles. The number of aromatic nitrogens is 1. The maximum Gasteiger partial charge on any atom is 0.0563 e. The van der Waals surface area contributed by atoms with Gasteiger partial charge in [-0.15, -0.1) is 0 Å². The van der Waals surface area contributed by atoms with Crippen molar-refractivity contribution in [2.45, 2.75) is 12.8 Å². The van der Waals surface area contributed by atoms with Crippen LogP contribution < -0.4 is 0 Å². The zero-order valence-corrected chi connectivity index (χ0v) is 8.90. The number of benzene rings is 1. The first kappa shape index (κ1) is 9.18. The van der Waals surface area contributed by atoms with Crippen molar-refractivity contribution >= 4 is 0 Å². The fourth-order valence-corrected chi connectivity index (χ4v) is 2.00. The molecule has 16 heavy (non-hydrogen) atoms. The quantitative estimate of drug-likeness (QED) is 0.602. The number of hydrogen-bond donors (Lipinski definition) is 0. The predicted octanol–water partition coefficient (Wildman–Crippen LogP) is 2.58. The van der Waals surface area contributed by atoms with Crippen molar-refractivity contribution in [2.75, 3.05) is 0 Å². The highest BCUT2D eigenvalue weighted by Gasteiger charge is 2.06. The summed E-state index contributed by atoms with van der Waals surface area (Å²) in [5.41, 5.74) is 4.66. The highest BCUT2D eigenvalue weighted by molar-refractivity contribution is 5.49. The summed E-state index contributed by atoms with van der Waals surface area (Å²) in [7, 11) is 0. The van der Waals surface area contributed by atoms with Gasteiger partial charge in [0, 0.05) is 17.3 Å². The molecule has 0 saturated carbocycles. The number of pyridine rings is 1. The van der Waals surface area contributed by atoms with E-state index in [9.17, 15) is 0 Å². The molecule has 1 aromatic heterocycles. The molecule has 0 radical (unpaired) electrons. The molecule has 0 spiro atoms. The summed E-state index contributed by atoms with van der Waals surface area (Å²) in [5, 5.41) is 0. The Labute approximate surface area is 95.2 Å². The third-order valence-electron chi connectivity index (χ3n) is 2.87. The molecule has 1 aliphatic rings. The summed E-state index contributed by atoms with van der Waals surface area (Å²) in [6.07, 6.45) is 3.84. The molecule has 1 nitrogen and oxygen atoms in total. The maximum absolute atomic E-state index is 4.39.